The van der Waals surface area contributed by atoms with E-state index in [-0.39, 0.29) is 11.6 Å². The van der Waals surface area contributed by atoms with Crippen molar-refractivity contribution in [2.45, 2.75) is 71.0 Å². The molecule has 0 aromatic carbocycles. The topological polar surface area (TPSA) is 52.6 Å². The van der Waals surface area contributed by atoms with Crippen LogP contribution in [0.4, 0.5) is 0 Å². The van der Waals surface area contributed by atoms with Crippen molar-refractivity contribution in [1.82, 2.24) is 10.2 Å². The first-order chi connectivity index (χ1) is 9.90. The fraction of sp³-hybridized carbons (Fsp3) is 0.824. The smallest absolute Gasteiger partial charge is 0.321 e. The third-order valence-electron chi connectivity index (χ3n) is 4.67. The molecule has 4 nitrogen and oxygen atoms in total. The largest absolute Gasteiger partial charge is 0.480 e. The van der Waals surface area contributed by atoms with Crippen LogP contribution in [0.2, 0.25) is 0 Å². The number of aliphatic carboxylic acids is 1. The molecule has 1 aliphatic heterocycles. The van der Waals surface area contributed by atoms with Crippen molar-refractivity contribution in [1.29, 1.82) is 0 Å². The van der Waals surface area contributed by atoms with Gasteiger partial charge in [0.1, 0.15) is 6.04 Å². The third-order valence-corrected chi connectivity index (χ3v) is 4.67. The van der Waals surface area contributed by atoms with E-state index in [0.29, 0.717) is 0 Å². The Kier molecular flexibility index (Phi) is 7.40. The fourth-order valence-electron chi connectivity index (χ4n) is 2.97. The zero-order chi connectivity index (χ0) is 15.9. The van der Waals surface area contributed by atoms with Crippen LogP contribution in [0.15, 0.2) is 12.2 Å². The van der Waals surface area contributed by atoms with E-state index < -0.39 is 12.0 Å². The Hall–Kier alpha value is -0.870. The van der Waals surface area contributed by atoms with Crippen molar-refractivity contribution < 1.29 is 9.90 Å². The molecule has 4 heteroatoms. The standard InChI is InChI=1S/C17H32N2O2/c1-5-6-7-8-9-11-14(2)15(16(20)21)18-17(3)12-10-13-19(17)4/h9,11,14-15,18H,5-8,10,12-13H2,1-4H3,(H,20,21)/b11-9-/t14?,15?,17-/m0/s1. The zero-order valence-electron chi connectivity index (χ0n) is 14.1. The quantitative estimate of drug-likeness (QED) is 0.506. The summed E-state index contributed by atoms with van der Waals surface area (Å²) < 4.78 is 0. The van der Waals surface area contributed by atoms with Crippen LogP contribution in [0.3, 0.4) is 0 Å². The molecule has 2 N–H and O–H groups in total. The molecule has 1 fully saturated rings. The molecule has 0 aliphatic carbocycles. The van der Waals surface area contributed by atoms with E-state index in [1.807, 2.05) is 6.92 Å². The Labute approximate surface area is 129 Å². The molecule has 0 saturated carbocycles. The molecular formula is C17H32N2O2. The van der Waals surface area contributed by atoms with E-state index in [0.717, 1.165) is 25.8 Å². The van der Waals surface area contributed by atoms with Gasteiger partial charge < -0.3 is 5.11 Å². The van der Waals surface area contributed by atoms with Crippen molar-refractivity contribution in [3.8, 4) is 0 Å². The molecule has 21 heavy (non-hydrogen) atoms. The Balaban J connectivity index is 2.58. The van der Waals surface area contributed by atoms with E-state index in [1.54, 1.807) is 0 Å². The molecule has 0 aromatic rings. The van der Waals surface area contributed by atoms with Gasteiger partial charge in [0.25, 0.3) is 0 Å². The molecule has 0 bridgehead atoms. The minimum atomic E-state index is -0.762. The van der Waals surface area contributed by atoms with Gasteiger partial charge in [-0.25, -0.2) is 0 Å². The van der Waals surface area contributed by atoms with E-state index in [1.165, 1.54) is 19.3 Å². The average molecular weight is 296 g/mol. The van der Waals surface area contributed by atoms with Gasteiger partial charge in [0.15, 0.2) is 0 Å². The van der Waals surface area contributed by atoms with Gasteiger partial charge in [0.2, 0.25) is 0 Å². The van der Waals surface area contributed by atoms with Gasteiger partial charge >= 0.3 is 5.97 Å². The van der Waals surface area contributed by atoms with Crippen molar-refractivity contribution in [3.63, 3.8) is 0 Å². The molecule has 0 spiro atoms. The van der Waals surface area contributed by atoms with Crippen LogP contribution >= 0.6 is 0 Å². The summed E-state index contributed by atoms with van der Waals surface area (Å²) in [5.74, 6) is -0.766. The van der Waals surface area contributed by atoms with Crippen molar-refractivity contribution >= 4 is 5.97 Å². The molecule has 3 atom stereocenters. The highest BCUT2D eigenvalue weighted by Gasteiger charge is 2.38. The van der Waals surface area contributed by atoms with E-state index in [4.69, 9.17) is 0 Å². The molecule has 0 radical (unpaired) electrons. The highest BCUT2D eigenvalue weighted by molar-refractivity contribution is 5.74. The molecule has 0 amide bonds. The molecule has 1 saturated heterocycles. The summed E-state index contributed by atoms with van der Waals surface area (Å²) >= 11 is 0. The van der Waals surface area contributed by atoms with Crippen LogP contribution in [0.1, 0.15) is 59.3 Å². The highest BCUT2D eigenvalue weighted by atomic mass is 16.4. The minimum absolute atomic E-state index is 0.00467. The summed E-state index contributed by atoms with van der Waals surface area (Å²) in [6.45, 7) is 7.31. The van der Waals surface area contributed by atoms with Crippen LogP contribution in [0, 0.1) is 5.92 Å². The number of allylic oxidation sites excluding steroid dienone is 1. The maximum atomic E-state index is 11.6. The second-order valence-corrected chi connectivity index (χ2v) is 6.54. The SMILES string of the molecule is CCCCC/C=C\C(C)C(N[C@]1(C)CCCN1C)C(=O)O. The number of rotatable bonds is 9. The van der Waals surface area contributed by atoms with Crippen molar-refractivity contribution in [2.24, 2.45) is 5.92 Å². The summed E-state index contributed by atoms with van der Waals surface area (Å²) in [7, 11) is 2.06. The molecule has 0 aromatic heterocycles. The highest BCUT2D eigenvalue weighted by Crippen LogP contribution is 2.26. The number of hydrogen-bond acceptors (Lipinski definition) is 3. The number of carbonyl (C=O) groups is 1. The van der Waals surface area contributed by atoms with Gasteiger partial charge in [-0.1, -0.05) is 38.8 Å². The first-order valence-electron chi connectivity index (χ1n) is 8.29. The Morgan fingerprint density at radius 1 is 1.48 bits per heavy atom. The van der Waals surface area contributed by atoms with E-state index in [9.17, 15) is 9.90 Å². The number of carboxylic acids is 1. The van der Waals surface area contributed by atoms with Gasteiger partial charge in [-0.2, -0.15) is 0 Å². The molecule has 1 rings (SSSR count). The van der Waals surface area contributed by atoms with Crippen LogP contribution in [-0.2, 0) is 4.79 Å². The summed E-state index contributed by atoms with van der Waals surface area (Å²) in [6.07, 6.45) is 11.0. The maximum Gasteiger partial charge on any atom is 0.321 e. The lowest BCUT2D eigenvalue weighted by Gasteiger charge is -2.37. The third kappa shape index (κ3) is 5.44. The van der Waals surface area contributed by atoms with Crippen molar-refractivity contribution in [3.05, 3.63) is 12.2 Å². The second-order valence-electron chi connectivity index (χ2n) is 6.54. The molecule has 122 valence electrons. The molecule has 1 heterocycles. The first-order valence-corrected chi connectivity index (χ1v) is 8.29. The average Bonchev–Trinajstić information content (AvgIpc) is 2.75. The monoisotopic (exact) mass is 296 g/mol. The number of nitrogens with zero attached hydrogens (tertiary/aromatic N) is 1. The van der Waals surface area contributed by atoms with Gasteiger partial charge in [-0.15, -0.1) is 0 Å². The Morgan fingerprint density at radius 2 is 2.19 bits per heavy atom. The van der Waals surface area contributed by atoms with Crippen LogP contribution in [0.25, 0.3) is 0 Å². The number of unbranched alkanes of at least 4 members (excludes halogenated alkanes) is 3. The van der Waals surface area contributed by atoms with E-state index >= 15 is 0 Å². The van der Waals surface area contributed by atoms with E-state index in [2.05, 4.69) is 43.3 Å². The lowest BCUT2D eigenvalue weighted by molar-refractivity contribution is -0.141. The Bertz CT molecular complexity index is 357. The molecular weight excluding hydrogens is 264 g/mol. The second kappa shape index (κ2) is 8.54. The number of carboxylic acid groups (broad SMARTS) is 1. The molecule has 2 unspecified atom stereocenters. The number of hydrogen-bond donors (Lipinski definition) is 2. The Morgan fingerprint density at radius 3 is 2.71 bits per heavy atom. The van der Waals surface area contributed by atoms with Crippen molar-refractivity contribution in [2.75, 3.05) is 13.6 Å². The van der Waals surface area contributed by atoms with Gasteiger partial charge in [-0.05, 0) is 46.2 Å². The zero-order valence-corrected chi connectivity index (χ0v) is 14.1. The summed E-state index contributed by atoms with van der Waals surface area (Å²) in [6, 6.07) is -0.530. The van der Waals surface area contributed by atoms with Gasteiger partial charge in [-0.3, -0.25) is 15.0 Å². The minimum Gasteiger partial charge on any atom is -0.480 e. The lowest BCUT2D eigenvalue weighted by atomic mass is 9.97. The predicted molar refractivity (Wildman–Crippen MR) is 87.3 cm³/mol. The predicted octanol–water partition coefficient (Wildman–Crippen LogP) is 3.24. The number of nitrogens with one attached hydrogen (secondary N) is 1. The summed E-state index contributed by atoms with van der Waals surface area (Å²) in [5.41, 5.74) is -0.201. The fourth-order valence-corrected chi connectivity index (χ4v) is 2.97. The van der Waals surface area contributed by atoms with Crippen LogP contribution < -0.4 is 5.32 Å². The number of likely N-dealkylation sites (tertiary alicyclic amines) is 1. The molecule has 1 aliphatic rings. The van der Waals surface area contributed by atoms with Gasteiger partial charge in [0, 0.05) is 5.92 Å². The first kappa shape index (κ1) is 18.2. The lowest BCUT2D eigenvalue weighted by Crippen LogP contribution is -2.58. The maximum absolute atomic E-state index is 11.6. The van der Waals surface area contributed by atoms with Crippen LogP contribution in [0.5, 0.6) is 0 Å². The normalized spacial score (nSPS) is 26.3. The summed E-state index contributed by atoms with van der Waals surface area (Å²) in [4.78, 5) is 13.8. The summed E-state index contributed by atoms with van der Waals surface area (Å²) in [5, 5.41) is 12.9. The van der Waals surface area contributed by atoms with Crippen LogP contribution in [-0.4, -0.2) is 41.3 Å². The van der Waals surface area contributed by atoms with Gasteiger partial charge in [0.05, 0.1) is 5.66 Å².